The van der Waals surface area contributed by atoms with Crippen LogP contribution >= 0.6 is 38.5 Å². The fourth-order valence-electron chi connectivity index (χ4n) is 2.13. The lowest BCUT2D eigenvalue weighted by molar-refractivity contribution is 0.0929. The van der Waals surface area contributed by atoms with Gasteiger partial charge in [-0.25, -0.2) is 5.43 Å². The molecule has 0 aliphatic rings. The molecular formula is C17H12BrIN2O2. The summed E-state index contributed by atoms with van der Waals surface area (Å²) < 4.78 is 7.51. The number of furan rings is 1. The van der Waals surface area contributed by atoms with Gasteiger partial charge in [0.05, 0.1) is 9.78 Å². The molecule has 3 aromatic rings. The highest BCUT2D eigenvalue weighted by Gasteiger charge is 2.14. The van der Waals surface area contributed by atoms with E-state index in [2.05, 4.69) is 49.0 Å². The molecule has 0 saturated carbocycles. The van der Waals surface area contributed by atoms with E-state index in [4.69, 9.17) is 4.42 Å². The Labute approximate surface area is 155 Å². The number of nitrogens with one attached hydrogen (secondary N) is 1. The Morgan fingerprint density at radius 2 is 2.09 bits per heavy atom. The summed E-state index contributed by atoms with van der Waals surface area (Å²) in [6.45, 7) is 1.99. The normalized spacial score (nSPS) is 11.3. The van der Waals surface area contributed by atoms with E-state index in [0.717, 1.165) is 24.6 Å². The van der Waals surface area contributed by atoms with E-state index in [0.29, 0.717) is 5.58 Å². The maximum atomic E-state index is 12.2. The van der Waals surface area contributed by atoms with Crippen molar-refractivity contribution >= 4 is 61.6 Å². The lowest BCUT2D eigenvalue weighted by Gasteiger charge is -1.98. The molecule has 116 valence electrons. The smallest absolute Gasteiger partial charge is 0.307 e. The van der Waals surface area contributed by atoms with E-state index in [-0.39, 0.29) is 11.7 Å². The van der Waals surface area contributed by atoms with Crippen molar-refractivity contribution < 1.29 is 9.21 Å². The molecular weight excluding hydrogens is 471 g/mol. The molecule has 1 amide bonds. The first kappa shape index (κ1) is 16.2. The van der Waals surface area contributed by atoms with Crippen LogP contribution in [0.4, 0.5) is 0 Å². The number of hydrogen-bond donors (Lipinski definition) is 1. The molecule has 0 radical (unpaired) electrons. The van der Waals surface area contributed by atoms with Gasteiger partial charge in [0.25, 0.3) is 0 Å². The molecule has 0 fully saturated rings. The predicted octanol–water partition coefficient (Wildman–Crippen LogP) is 4.87. The minimum absolute atomic E-state index is 0.234. The first-order valence-corrected chi connectivity index (χ1v) is 8.69. The van der Waals surface area contributed by atoms with E-state index >= 15 is 0 Å². The molecule has 0 saturated heterocycles. The maximum absolute atomic E-state index is 12.2. The number of benzene rings is 2. The van der Waals surface area contributed by atoms with Crippen LogP contribution in [0.2, 0.25) is 0 Å². The van der Waals surface area contributed by atoms with Gasteiger partial charge in [0, 0.05) is 9.86 Å². The van der Waals surface area contributed by atoms with Gasteiger partial charge in [-0.1, -0.05) is 40.2 Å². The monoisotopic (exact) mass is 482 g/mol. The number of halogens is 2. The second kappa shape index (κ2) is 6.84. The Kier molecular flexibility index (Phi) is 4.82. The summed E-state index contributed by atoms with van der Waals surface area (Å²) in [4.78, 5) is 12.2. The lowest BCUT2D eigenvalue weighted by atomic mass is 10.1. The minimum Gasteiger partial charge on any atom is -0.450 e. The van der Waals surface area contributed by atoms with E-state index < -0.39 is 0 Å². The molecule has 0 unspecified atom stereocenters. The van der Waals surface area contributed by atoms with Crippen molar-refractivity contribution in [2.24, 2.45) is 5.10 Å². The van der Waals surface area contributed by atoms with Gasteiger partial charge in [0.15, 0.2) is 5.76 Å². The molecule has 0 spiro atoms. The zero-order valence-electron chi connectivity index (χ0n) is 12.1. The van der Waals surface area contributed by atoms with Gasteiger partial charge in [-0.3, -0.25) is 4.79 Å². The number of fused-ring (bicyclic) bond motifs is 1. The zero-order chi connectivity index (χ0) is 16.4. The second-order valence-corrected chi connectivity index (χ2v) is 7.05. The zero-order valence-corrected chi connectivity index (χ0v) is 15.9. The second-order valence-electron chi connectivity index (χ2n) is 4.97. The van der Waals surface area contributed by atoms with Crippen LogP contribution in [0.1, 0.15) is 21.7 Å². The highest BCUT2D eigenvalue weighted by molar-refractivity contribution is 14.1. The Bertz CT molecular complexity index is 918. The number of rotatable bonds is 3. The third-order valence-corrected chi connectivity index (χ3v) is 4.58. The summed E-state index contributed by atoms with van der Waals surface area (Å²) in [5.74, 6) is -0.143. The highest BCUT2D eigenvalue weighted by atomic mass is 127. The summed E-state index contributed by atoms with van der Waals surface area (Å²) in [5, 5.41) is 4.87. The van der Waals surface area contributed by atoms with Gasteiger partial charge < -0.3 is 4.42 Å². The number of aryl methyl sites for hydroxylation is 1. The Hall–Kier alpha value is -1.67. The van der Waals surface area contributed by atoms with E-state index in [1.54, 1.807) is 12.3 Å². The molecule has 4 nitrogen and oxygen atoms in total. The Morgan fingerprint density at radius 3 is 2.87 bits per heavy atom. The molecule has 0 atom stereocenters. The molecule has 0 aliphatic carbocycles. The molecule has 3 rings (SSSR count). The van der Waals surface area contributed by atoms with Crippen LogP contribution in [0.15, 0.2) is 56.5 Å². The molecule has 0 bridgehead atoms. The lowest BCUT2D eigenvalue weighted by Crippen LogP contribution is -2.16. The van der Waals surface area contributed by atoms with Gasteiger partial charge in [0.1, 0.15) is 5.58 Å². The molecule has 0 aliphatic heterocycles. The standard InChI is InChI=1S/C17H12BrIN2O2/c1-10-4-2-3-5-11(10)9-20-21-17(22)15-7-12-6-13(18)8-14(19)16(12)23-15/h2-9H,1H3,(H,21,22)/b20-9-. The molecule has 2 aromatic carbocycles. The van der Waals surface area contributed by atoms with Crippen molar-refractivity contribution in [2.75, 3.05) is 0 Å². The van der Waals surface area contributed by atoms with Crippen LogP contribution in [0.5, 0.6) is 0 Å². The highest BCUT2D eigenvalue weighted by Crippen LogP contribution is 2.28. The van der Waals surface area contributed by atoms with Crippen molar-refractivity contribution in [3.05, 3.63) is 67.4 Å². The summed E-state index contributed by atoms with van der Waals surface area (Å²) in [7, 11) is 0. The van der Waals surface area contributed by atoms with Crippen LogP contribution in [0.3, 0.4) is 0 Å². The number of hydrogen-bond acceptors (Lipinski definition) is 3. The third kappa shape index (κ3) is 3.64. The van der Waals surface area contributed by atoms with Gasteiger partial charge in [-0.15, -0.1) is 0 Å². The quantitative estimate of drug-likeness (QED) is 0.329. The summed E-state index contributed by atoms with van der Waals surface area (Å²) in [6, 6.07) is 13.4. The summed E-state index contributed by atoms with van der Waals surface area (Å²) >= 11 is 5.61. The topological polar surface area (TPSA) is 54.6 Å². The van der Waals surface area contributed by atoms with E-state index in [9.17, 15) is 4.79 Å². The van der Waals surface area contributed by atoms with E-state index in [1.807, 2.05) is 43.3 Å². The van der Waals surface area contributed by atoms with Gasteiger partial charge in [-0.2, -0.15) is 5.10 Å². The average molecular weight is 483 g/mol. The third-order valence-electron chi connectivity index (χ3n) is 3.32. The summed E-state index contributed by atoms with van der Waals surface area (Å²) in [5.41, 5.74) is 5.23. The van der Waals surface area contributed by atoms with E-state index in [1.165, 1.54) is 0 Å². The minimum atomic E-state index is -0.377. The van der Waals surface area contributed by atoms with Crippen LogP contribution in [0, 0.1) is 10.5 Å². The van der Waals surface area contributed by atoms with Crippen LogP contribution in [0.25, 0.3) is 11.0 Å². The first-order chi connectivity index (χ1) is 11.0. The molecule has 23 heavy (non-hydrogen) atoms. The number of carbonyl (C=O) groups excluding carboxylic acids is 1. The predicted molar refractivity (Wildman–Crippen MR) is 103 cm³/mol. The molecule has 1 N–H and O–H groups in total. The van der Waals surface area contributed by atoms with Crippen LogP contribution in [-0.2, 0) is 0 Å². The molecule has 1 heterocycles. The fourth-order valence-corrected chi connectivity index (χ4v) is 3.80. The number of carbonyl (C=O) groups is 1. The fraction of sp³-hybridized carbons (Fsp3) is 0.0588. The largest absolute Gasteiger partial charge is 0.450 e. The van der Waals surface area contributed by atoms with Crippen molar-refractivity contribution in [3.63, 3.8) is 0 Å². The van der Waals surface area contributed by atoms with Crippen molar-refractivity contribution in [1.82, 2.24) is 5.43 Å². The average Bonchev–Trinajstić information content (AvgIpc) is 2.93. The van der Waals surface area contributed by atoms with Gasteiger partial charge in [-0.05, 0) is 58.8 Å². The van der Waals surface area contributed by atoms with Crippen molar-refractivity contribution in [1.29, 1.82) is 0 Å². The number of nitrogens with zero attached hydrogens (tertiary/aromatic N) is 1. The van der Waals surface area contributed by atoms with Crippen LogP contribution in [-0.4, -0.2) is 12.1 Å². The summed E-state index contributed by atoms with van der Waals surface area (Å²) in [6.07, 6.45) is 1.62. The Morgan fingerprint density at radius 1 is 1.30 bits per heavy atom. The van der Waals surface area contributed by atoms with Crippen molar-refractivity contribution in [3.8, 4) is 0 Å². The molecule has 6 heteroatoms. The number of hydrazone groups is 1. The Balaban J connectivity index is 1.79. The van der Waals surface area contributed by atoms with Gasteiger partial charge in [0.2, 0.25) is 0 Å². The molecule has 1 aromatic heterocycles. The first-order valence-electron chi connectivity index (χ1n) is 6.82. The van der Waals surface area contributed by atoms with Crippen molar-refractivity contribution in [2.45, 2.75) is 6.92 Å². The van der Waals surface area contributed by atoms with Gasteiger partial charge >= 0.3 is 5.91 Å². The van der Waals surface area contributed by atoms with Crippen LogP contribution < -0.4 is 5.43 Å². The number of amides is 1. The maximum Gasteiger partial charge on any atom is 0.307 e. The SMILES string of the molecule is Cc1ccccc1/C=N\NC(=O)c1cc2cc(Br)cc(I)c2o1.